The smallest absolute Gasteiger partial charge is 0.124 e. The van der Waals surface area contributed by atoms with E-state index in [9.17, 15) is 4.39 Å². The highest BCUT2D eigenvalue weighted by Gasteiger charge is 2.30. The van der Waals surface area contributed by atoms with Crippen molar-refractivity contribution in [2.24, 2.45) is 0 Å². The van der Waals surface area contributed by atoms with E-state index in [0.717, 1.165) is 25.9 Å². The molecule has 3 heteroatoms. The van der Waals surface area contributed by atoms with Crippen molar-refractivity contribution in [2.45, 2.75) is 24.9 Å². The Morgan fingerprint density at radius 1 is 1.64 bits per heavy atom. The SMILES string of the molecule is CNCCC1(F)CCCNC1. The summed E-state index contributed by atoms with van der Waals surface area (Å²) in [5.74, 6) is 0. The Hall–Kier alpha value is -0.150. The molecule has 1 heterocycles. The minimum Gasteiger partial charge on any atom is -0.320 e. The van der Waals surface area contributed by atoms with Crippen molar-refractivity contribution in [1.82, 2.24) is 10.6 Å². The first-order valence-corrected chi connectivity index (χ1v) is 4.31. The maximum absolute atomic E-state index is 13.7. The highest BCUT2D eigenvalue weighted by molar-refractivity contribution is 4.85. The lowest BCUT2D eigenvalue weighted by molar-refractivity contribution is 0.112. The summed E-state index contributed by atoms with van der Waals surface area (Å²) < 4.78 is 13.7. The van der Waals surface area contributed by atoms with Crippen LogP contribution in [-0.4, -0.2) is 32.4 Å². The van der Waals surface area contributed by atoms with Gasteiger partial charge in [0.15, 0.2) is 0 Å². The van der Waals surface area contributed by atoms with Gasteiger partial charge in [-0.2, -0.15) is 0 Å². The highest BCUT2D eigenvalue weighted by atomic mass is 19.1. The summed E-state index contributed by atoms with van der Waals surface area (Å²) in [5, 5.41) is 6.05. The second kappa shape index (κ2) is 4.02. The van der Waals surface area contributed by atoms with Crippen LogP contribution in [0, 0.1) is 0 Å². The molecule has 1 aliphatic heterocycles. The predicted molar refractivity (Wildman–Crippen MR) is 44.5 cm³/mol. The van der Waals surface area contributed by atoms with Gasteiger partial charge in [0.25, 0.3) is 0 Å². The quantitative estimate of drug-likeness (QED) is 0.634. The zero-order valence-electron chi connectivity index (χ0n) is 7.12. The van der Waals surface area contributed by atoms with Crippen molar-refractivity contribution in [3.8, 4) is 0 Å². The number of nitrogens with one attached hydrogen (secondary N) is 2. The first-order valence-electron chi connectivity index (χ1n) is 4.31. The molecule has 1 fully saturated rings. The fraction of sp³-hybridized carbons (Fsp3) is 1.00. The van der Waals surface area contributed by atoms with Crippen LogP contribution in [0.5, 0.6) is 0 Å². The molecule has 66 valence electrons. The average molecular weight is 160 g/mol. The standard InChI is InChI=1S/C8H17FN2/c1-10-6-4-8(9)3-2-5-11-7-8/h10-11H,2-7H2,1H3. The van der Waals surface area contributed by atoms with Gasteiger partial charge in [-0.25, -0.2) is 4.39 Å². The first-order chi connectivity index (χ1) is 5.27. The third-order valence-corrected chi connectivity index (χ3v) is 2.24. The Morgan fingerprint density at radius 3 is 3.00 bits per heavy atom. The van der Waals surface area contributed by atoms with E-state index in [1.807, 2.05) is 7.05 Å². The molecule has 1 atom stereocenters. The first kappa shape index (κ1) is 8.94. The van der Waals surface area contributed by atoms with Crippen LogP contribution in [0.25, 0.3) is 0 Å². The normalized spacial score (nSPS) is 32.2. The van der Waals surface area contributed by atoms with Crippen LogP contribution in [0.4, 0.5) is 4.39 Å². The molecule has 0 amide bonds. The van der Waals surface area contributed by atoms with E-state index in [4.69, 9.17) is 0 Å². The number of piperidine rings is 1. The molecule has 0 aromatic heterocycles. The van der Waals surface area contributed by atoms with E-state index in [1.54, 1.807) is 0 Å². The van der Waals surface area contributed by atoms with Crippen molar-refractivity contribution < 1.29 is 4.39 Å². The topological polar surface area (TPSA) is 24.1 Å². The molecule has 0 aromatic carbocycles. The Morgan fingerprint density at radius 2 is 2.45 bits per heavy atom. The Kier molecular flexibility index (Phi) is 3.27. The van der Waals surface area contributed by atoms with Crippen molar-refractivity contribution in [3.05, 3.63) is 0 Å². The molecule has 0 spiro atoms. The van der Waals surface area contributed by atoms with Crippen molar-refractivity contribution in [3.63, 3.8) is 0 Å². The molecule has 0 bridgehead atoms. The maximum Gasteiger partial charge on any atom is 0.124 e. The molecule has 2 N–H and O–H groups in total. The average Bonchev–Trinajstić information content (AvgIpc) is 2.03. The third-order valence-electron chi connectivity index (χ3n) is 2.24. The second-order valence-electron chi connectivity index (χ2n) is 3.28. The van der Waals surface area contributed by atoms with Gasteiger partial charge >= 0.3 is 0 Å². The largest absolute Gasteiger partial charge is 0.320 e. The van der Waals surface area contributed by atoms with Crippen LogP contribution < -0.4 is 10.6 Å². The number of halogens is 1. The molecule has 2 nitrogen and oxygen atoms in total. The lowest BCUT2D eigenvalue weighted by Crippen LogP contribution is -2.43. The molecule has 0 saturated carbocycles. The summed E-state index contributed by atoms with van der Waals surface area (Å²) in [6.45, 7) is 2.29. The van der Waals surface area contributed by atoms with Gasteiger partial charge in [-0.1, -0.05) is 0 Å². The van der Waals surface area contributed by atoms with Gasteiger partial charge in [-0.3, -0.25) is 0 Å². The van der Waals surface area contributed by atoms with E-state index in [2.05, 4.69) is 10.6 Å². The Bertz CT molecular complexity index is 111. The minimum absolute atomic E-state index is 0.536. The lowest BCUT2D eigenvalue weighted by Gasteiger charge is -2.29. The fourth-order valence-electron chi connectivity index (χ4n) is 1.49. The molecular weight excluding hydrogens is 143 g/mol. The molecule has 1 saturated heterocycles. The van der Waals surface area contributed by atoms with Gasteiger partial charge in [-0.05, 0) is 39.4 Å². The van der Waals surface area contributed by atoms with Gasteiger partial charge in [0, 0.05) is 6.54 Å². The number of alkyl halides is 1. The summed E-state index contributed by atoms with van der Waals surface area (Å²) in [7, 11) is 1.86. The van der Waals surface area contributed by atoms with Gasteiger partial charge in [-0.15, -0.1) is 0 Å². The van der Waals surface area contributed by atoms with Gasteiger partial charge in [0.05, 0.1) is 0 Å². The second-order valence-corrected chi connectivity index (χ2v) is 3.28. The van der Waals surface area contributed by atoms with E-state index in [0.29, 0.717) is 13.0 Å². The van der Waals surface area contributed by atoms with E-state index in [1.165, 1.54) is 0 Å². The number of hydrogen-bond acceptors (Lipinski definition) is 2. The Balaban J connectivity index is 2.25. The van der Waals surface area contributed by atoms with Crippen LogP contribution in [0.15, 0.2) is 0 Å². The predicted octanol–water partition coefficient (Wildman–Crippen LogP) is 0.688. The van der Waals surface area contributed by atoms with Crippen LogP contribution >= 0.6 is 0 Å². The van der Waals surface area contributed by atoms with Gasteiger partial charge < -0.3 is 10.6 Å². The molecule has 0 aliphatic carbocycles. The van der Waals surface area contributed by atoms with E-state index < -0.39 is 5.67 Å². The Labute approximate surface area is 67.6 Å². The molecule has 1 aliphatic rings. The molecule has 1 rings (SSSR count). The summed E-state index contributed by atoms with van der Waals surface area (Å²) in [6, 6.07) is 0. The van der Waals surface area contributed by atoms with Crippen molar-refractivity contribution in [2.75, 3.05) is 26.7 Å². The molecule has 0 aromatic rings. The molecule has 0 radical (unpaired) electrons. The number of hydrogen-bond donors (Lipinski definition) is 2. The van der Waals surface area contributed by atoms with Crippen LogP contribution in [0.2, 0.25) is 0 Å². The molecular formula is C8H17FN2. The molecule has 1 unspecified atom stereocenters. The van der Waals surface area contributed by atoms with Crippen LogP contribution in [0.1, 0.15) is 19.3 Å². The monoisotopic (exact) mass is 160 g/mol. The third kappa shape index (κ3) is 2.75. The molecule has 11 heavy (non-hydrogen) atoms. The maximum atomic E-state index is 13.7. The summed E-state index contributed by atoms with van der Waals surface area (Å²) in [4.78, 5) is 0. The minimum atomic E-state index is -0.943. The summed E-state index contributed by atoms with van der Waals surface area (Å²) >= 11 is 0. The van der Waals surface area contributed by atoms with Crippen LogP contribution in [0.3, 0.4) is 0 Å². The fourth-order valence-corrected chi connectivity index (χ4v) is 1.49. The zero-order chi connectivity index (χ0) is 8.16. The summed E-state index contributed by atoms with van der Waals surface area (Å²) in [5.41, 5.74) is -0.943. The van der Waals surface area contributed by atoms with Gasteiger partial charge in [0.2, 0.25) is 0 Å². The lowest BCUT2D eigenvalue weighted by atomic mass is 9.93. The van der Waals surface area contributed by atoms with Crippen molar-refractivity contribution >= 4 is 0 Å². The number of rotatable bonds is 3. The zero-order valence-corrected chi connectivity index (χ0v) is 7.12. The van der Waals surface area contributed by atoms with E-state index in [-0.39, 0.29) is 0 Å². The van der Waals surface area contributed by atoms with Gasteiger partial charge in [0.1, 0.15) is 5.67 Å². The van der Waals surface area contributed by atoms with Crippen molar-refractivity contribution in [1.29, 1.82) is 0 Å². The highest BCUT2D eigenvalue weighted by Crippen LogP contribution is 2.23. The van der Waals surface area contributed by atoms with Crippen LogP contribution in [-0.2, 0) is 0 Å². The van der Waals surface area contributed by atoms with E-state index >= 15 is 0 Å². The summed E-state index contributed by atoms with van der Waals surface area (Å²) in [6.07, 6.45) is 2.33.